The van der Waals surface area contributed by atoms with Gasteiger partial charge in [-0.2, -0.15) is 4.73 Å². The van der Waals surface area contributed by atoms with Gasteiger partial charge in [-0.3, -0.25) is 10.1 Å². The number of nitro groups is 1. The van der Waals surface area contributed by atoms with Gasteiger partial charge in [-0.25, -0.2) is 5.01 Å². The van der Waals surface area contributed by atoms with Crippen molar-refractivity contribution in [2.75, 3.05) is 5.01 Å². The van der Waals surface area contributed by atoms with Crippen molar-refractivity contribution >= 4 is 28.7 Å². The van der Waals surface area contributed by atoms with Crippen molar-refractivity contribution < 1.29 is 24.7 Å². The van der Waals surface area contributed by atoms with E-state index >= 15 is 0 Å². The van der Waals surface area contributed by atoms with E-state index in [1.807, 2.05) is 0 Å². The van der Waals surface area contributed by atoms with Gasteiger partial charge in [0.2, 0.25) is 5.75 Å². The van der Waals surface area contributed by atoms with E-state index < -0.39 is 22.1 Å². The lowest BCUT2D eigenvalue weighted by Gasteiger charge is -2.13. The van der Waals surface area contributed by atoms with Gasteiger partial charge in [0.05, 0.1) is 16.8 Å². The third-order valence-corrected chi connectivity index (χ3v) is 3.46. The molecule has 3 rings (SSSR count). The lowest BCUT2D eigenvalue weighted by molar-refractivity contribution is -0.602. The van der Waals surface area contributed by atoms with Crippen LogP contribution in [-0.2, 0) is 4.84 Å². The minimum atomic E-state index is -0.831. The van der Waals surface area contributed by atoms with Crippen LogP contribution in [0.5, 0.6) is 11.5 Å². The van der Waals surface area contributed by atoms with E-state index in [0.29, 0.717) is 10.4 Å². The molecule has 1 aromatic carbocycles. The van der Waals surface area contributed by atoms with Crippen molar-refractivity contribution in [2.45, 2.75) is 0 Å². The lowest BCUT2D eigenvalue weighted by atomic mass is 10.1. The topological polar surface area (TPSA) is 135 Å². The molecular formula is C13H9ClN4O6. The SMILES string of the molecule is O=[N+]([O-])c1cc(C2=CN(c3cc[n+]([O-])c(Cl)c3)NO2)cc(O)c1O. The predicted octanol–water partition coefficient (Wildman–Crippen LogP) is 1.55. The number of hydrogen-bond donors (Lipinski definition) is 3. The number of rotatable bonds is 3. The van der Waals surface area contributed by atoms with E-state index in [4.69, 9.17) is 16.4 Å². The van der Waals surface area contributed by atoms with E-state index in [2.05, 4.69) is 5.59 Å². The van der Waals surface area contributed by atoms with Crippen molar-refractivity contribution in [3.05, 3.63) is 62.7 Å². The number of aromatic nitrogens is 1. The summed E-state index contributed by atoms with van der Waals surface area (Å²) >= 11 is 5.74. The van der Waals surface area contributed by atoms with Crippen LogP contribution in [0.25, 0.3) is 5.76 Å². The van der Waals surface area contributed by atoms with Gasteiger partial charge in [-0.15, -0.1) is 0 Å². The van der Waals surface area contributed by atoms with E-state index in [0.717, 1.165) is 12.1 Å². The summed E-state index contributed by atoms with van der Waals surface area (Å²) in [6.07, 6.45) is 2.62. The molecule has 0 amide bonds. The quantitative estimate of drug-likeness (QED) is 0.189. The number of hydrogen-bond acceptors (Lipinski definition) is 8. The number of phenolic OH excluding ortho intramolecular Hbond substituents is 2. The second-order valence-electron chi connectivity index (χ2n) is 4.71. The molecular weight excluding hydrogens is 344 g/mol. The van der Waals surface area contributed by atoms with Crippen molar-refractivity contribution in [3.8, 4) is 11.5 Å². The summed E-state index contributed by atoms with van der Waals surface area (Å²) in [5.41, 5.74) is 2.48. The fourth-order valence-electron chi connectivity index (χ4n) is 2.01. The van der Waals surface area contributed by atoms with Gasteiger partial charge in [-0.1, -0.05) is 5.59 Å². The average Bonchev–Trinajstić information content (AvgIpc) is 3.02. The molecule has 0 saturated carbocycles. The number of halogens is 1. The molecule has 1 aromatic heterocycles. The van der Waals surface area contributed by atoms with Gasteiger partial charge in [0.25, 0.3) is 5.15 Å². The Bertz CT molecular complexity index is 872. The fourth-order valence-corrected chi connectivity index (χ4v) is 2.18. The van der Waals surface area contributed by atoms with Gasteiger partial charge < -0.3 is 20.3 Å². The molecule has 0 bridgehead atoms. The second kappa shape index (κ2) is 5.76. The zero-order valence-electron chi connectivity index (χ0n) is 11.7. The number of nitrogens with zero attached hydrogens (tertiary/aromatic N) is 3. The third-order valence-electron chi connectivity index (χ3n) is 3.19. The Morgan fingerprint density at radius 2 is 2.08 bits per heavy atom. The van der Waals surface area contributed by atoms with Crippen LogP contribution in [-0.4, -0.2) is 15.1 Å². The maximum Gasteiger partial charge on any atom is 0.315 e. The van der Waals surface area contributed by atoms with Crippen molar-refractivity contribution in [1.82, 2.24) is 5.59 Å². The molecule has 3 N–H and O–H groups in total. The number of nitro benzene ring substituents is 1. The molecule has 2 aromatic rings. The first-order chi connectivity index (χ1) is 11.4. The number of nitrogens with one attached hydrogen (secondary N) is 1. The molecule has 11 heteroatoms. The summed E-state index contributed by atoms with van der Waals surface area (Å²) in [6, 6.07) is 5.01. The lowest BCUT2D eigenvalue weighted by Crippen LogP contribution is -2.30. The summed E-state index contributed by atoms with van der Waals surface area (Å²) in [6.45, 7) is 0. The first-order valence-electron chi connectivity index (χ1n) is 6.40. The van der Waals surface area contributed by atoms with Crippen LogP contribution in [0.3, 0.4) is 0 Å². The molecule has 0 radical (unpaired) electrons. The zero-order valence-corrected chi connectivity index (χ0v) is 12.5. The molecule has 0 unspecified atom stereocenters. The smallest absolute Gasteiger partial charge is 0.315 e. The van der Waals surface area contributed by atoms with Crippen LogP contribution >= 0.6 is 11.6 Å². The first kappa shape index (κ1) is 15.6. The molecule has 1 aliphatic rings. The standard InChI is InChI=1S/C13H9ClN4O6/c14-12-5-8(1-2-17(12)21)16-6-11(24-15-16)7-3-9(18(22)23)13(20)10(19)4-7/h1-6,15,19-20H. The highest BCUT2D eigenvalue weighted by atomic mass is 35.5. The molecule has 1 aliphatic heterocycles. The monoisotopic (exact) mass is 352 g/mol. The maximum absolute atomic E-state index is 11.2. The largest absolute Gasteiger partial charge is 0.618 e. The van der Waals surface area contributed by atoms with Crippen molar-refractivity contribution in [3.63, 3.8) is 0 Å². The van der Waals surface area contributed by atoms with E-state index in [-0.39, 0.29) is 16.5 Å². The van der Waals surface area contributed by atoms with Gasteiger partial charge in [0, 0.05) is 23.8 Å². The highest BCUT2D eigenvalue weighted by Crippen LogP contribution is 2.38. The second-order valence-corrected chi connectivity index (χ2v) is 5.10. The number of anilines is 1. The van der Waals surface area contributed by atoms with Crippen LogP contribution < -0.4 is 15.3 Å². The number of aromatic hydroxyl groups is 2. The Morgan fingerprint density at radius 1 is 1.33 bits per heavy atom. The first-order valence-corrected chi connectivity index (χ1v) is 6.77. The highest BCUT2D eigenvalue weighted by molar-refractivity contribution is 6.28. The number of hydrazine groups is 1. The fraction of sp³-hybridized carbons (Fsp3) is 0. The Kier molecular flexibility index (Phi) is 3.75. The van der Waals surface area contributed by atoms with Crippen molar-refractivity contribution in [1.29, 1.82) is 0 Å². The summed E-state index contributed by atoms with van der Waals surface area (Å²) in [4.78, 5) is 15.3. The van der Waals surface area contributed by atoms with Crippen LogP contribution in [0.2, 0.25) is 5.15 Å². The average molecular weight is 353 g/mol. The minimum absolute atomic E-state index is 0.0611. The van der Waals surface area contributed by atoms with E-state index in [1.165, 1.54) is 29.5 Å². The van der Waals surface area contributed by atoms with Gasteiger partial charge in [-0.05, 0) is 17.7 Å². The Morgan fingerprint density at radius 3 is 2.75 bits per heavy atom. The third kappa shape index (κ3) is 2.71. The Labute approximate surface area is 139 Å². The molecule has 24 heavy (non-hydrogen) atoms. The molecule has 0 atom stereocenters. The molecule has 124 valence electrons. The van der Waals surface area contributed by atoms with E-state index in [1.54, 1.807) is 0 Å². The summed E-state index contributed by atoms with van der Waals surface area (Å²) < 4.78 is 0.466. The van der Waals surface area contributed by atoms with Crippen molar-refractivity contribution in [2.24, 2.45) is 0 Å². The van der Waals surface area contributed by atoms with Gasteiger partial charge in [0.15, 0.2) is 17.7 Å². The molecule has 0 aliphatic carbocycles. The van der Waals surface area contributed by atoms with Gasteiger partial charge in [0.1, 0.15) is 0 Å². The molecule has 0 saturated heterocycles. The summed E-state index contributed by atoms with van der Waals surface area (Å²) in [7, 11) is 0. The van der Waals surface area contributed by atoms with E-state index in [9.17, 15) is 25.5 Å². The Balaban J connectivity index is 1.96. The Hall–Kier alpha value is -3.24. The van der Waals surface area contributed by atoms with Crippen LogP contribution in [0, 0.1) is 15.3 Å². The normalized spacial score (nSPS) is 13.5. The predicted molar refractivity (Wildman–Crippen MR) is 81.5 cm³/mol. The van der Waals surface area contributed by atoms with Crippen LogP contribution in [0.15, 0.2) is 36.7 Å². The molecule has 0 fully saturated rings. The van der Waals surface area contributed by atoms with Crippen LogP contribution in [0.1, 0.15) is 5.56 Å². The molecule has 2 heterocycles. The minimum Gasteiger partial charge on any atom is -0.618 e. The molecule has 10 nitrogen and oxygen atoms in total. The highest BCUT2D eigenvalue weighted by Gasteiger charge is 2.24. The zero-order chi connectivity index (χ0) is 17.4. The number of pyridine rings is 1. The summed E-state index contributed by atoms with van der Waals surface area (Å²) in [5, 5.41) is 42.5. The molecule has 0 spiro atoms. The number of phenols is 2. The maximum atomic E-state index is 11.2. The number of benzene rings is 1. The summed E-state index contributed by atoms with van der Waals surface area (Å²) in [5.74, 6) is -1.34. The van der Waals surface area contributed by atoms with Crippen LogP contribution in [0.4, 0.5) is 11.4 Å². The van der Waals surface area contributed by atoms with Gasteiger partial charge >= 0.3 is 5.69 Å².